The molecule has 9 nitrogen and oxygen atoms in total. The first-order valence-corrected chi connectivity index (χ1v) is 7.96. The Morgan fingerprint density at radius 2 is 2.14 bits per heavy atom. The van der Waals surface area contributed by atoms with Crippen molar-refractivity contribution in [3.8, 4) is 0 Å². The quantitative estimate of drug-likeness (QED) is 0.415. The third kappa shape index (κ3) is 5.00. The molecule has 3 atom stereocenters. The zero-order valence-corrected chi connectivity index (χ0v) is 13.2. The fourth-order valence-electron chi connectivity index (χ4n) is 1.84. The minimum atomic E-state index is -1.83. The Bertz CT molecular complexity index is 479. The molecule has 1 fully saturated rings. The molecule has 11 heteroatoms. The molecule has 0 aliphatic carbocycles. The number of nitrogens with zero attached hydrogens (tertiary/aromatic N) is 1. The maximum Gasteiger partial charge on any atom is 0.503 e. The molecule has 2 amide bonds. The summed E-state index contributed by atoms with van der Waals surface area (Å²) in [7, 11) is 0. The summed E-state index contributed by atoms with van der Waals surface area (Å²) in [5.74, 6) is 0.244. The van der Waals surface area contributed by atoms with Crippen LogP contribution in [0.2, 0.25) is 0 Å². The second-order valence-electron chi connectivity index (χ2n) is 4.27. The second kappa shape index (κ2) is 8.15. The van der Waals surface area contributed by atoms with Gasteiger partial charge in [0.1, 0.15) is 12.0 Å². The van der Waals surface area contributed by atoms with Crippen LogP contribution < -0.4 is 5.73 Å². The predicted molar refractivity (Wildman–Crippen MR) is 80.1 cm³/mol. The topological polar surface area (TPSA) is 150 Å². The van der Waals surface area contributed by atoms with Gasteiger partial charge in [-0.1, -0.05) is 11.8 Å². The molecule has 1 saturated heterocycles. The van der Waals surface area contributed by atoms with Gasteiger partial charge in [-0.3, -0.25) is 4.79 Å². The Morgan fingerprint density at radius 3 is 2.64 bits per heavy atom. The maximum absolute atomic E-state index is 11.7. The largest absolute Gasteiger partial charge is 0.503 e. The van der Waals surface area contributed by atoms with Crippen LogP contribution in [0.25, 0.3) is 0 Å². The highest BCUT2D eigenvalue weighted by Gasteiger charge is 2.52. The smallest absolute Gasteiger partial charge is 0.450 e. The number of primary amides is 1. The Labute approximate surface area is 134 Å². The first-order chi connectivity index (χ1) is 10.2. The number of aliphatic hydroxyl groups is 1. The number of nitrogens with two attached hydrogens (primary N) is 1. The summed E-state index contributed by atoms with van der Waals surface area (Å²) in [6.07, 6.45) is -1.45. The van der Waals surface area contributed by atoms with Gasteiger partial charge in [-0.15, -0.1) is 11.8 Å². The van der Waals surface area contributed by atoms with Crippen LogP contribution in [0, 0.1) is 5.92 Å². The minimum absolute atomic E-state index is 0.0112. The van der Waals surface area contributed by atoms with Crippen LogP contribution in [0.5, 0.6) is 0 Å². The van der Waals surface area contributed by atoms with Crippen LogP contribution in [0.3, 0.4) is 0 Å². The van der Waals surface area contributed by atoms with Crippen molar-refractivity contribution in [2.24, 2.45) is 11.7 Å². The molecule has 124 valence electrons. The molecule has 0 unspecified atom stereocenters. The van der Waals surface area contributed by atoms with Gasteiger partial charge in [0.05, 0.1) is 16.3 Å². The number of ether oxygens (including phenoxy) is 1. The fraction of sp³-hybridized carbons (Fsp3) is 0.545. The monoisotopic (exact) mass is 352 g/mol. The molecule has 0 bridgehead atoms. The van der Waals surface area contributed by atoms with Gasteiger partial charge < -0.3 is 30.7 Å². The van der Waals surface area contributed by atoms with Gasteiger partial charge in [-0.05, 0) is 6.92 Å². The van der Waals surface area contributed by atoms with Crippen molar-refractivity contribution < 1.29 is 34.4 Å². The van der Waals surface area contributed by atoms with Crippen LogP contribution in [0.15, 0.2) is 10.4 Å². The Kier molecular flexibility index (Phi) is 6.84. The molecule has 0 aromatic carbocycles. The van der Waals surface area contributed by atoms with Crippen LogP contribution >= 0.6 is 23.5 Å². The lowest BCUT2D eigenvalue weighted by atomic mass is 9.93. The van der Waals surface area contributed by atoms with Gasteiger partial charge in [-0.25, -0.2) is 9.59 Å². The lowest BCUT2D eigenvalue weighted by Crippen LogP contribution is -2.58. The second-order valence-corrected chi connectivity index (χ2v) is 6.82. The average Bonchev–Trinajstić information content (AvgIpc) is 2.72. The van der Waals surface area contributed by atoms with Gasteiger partial charge in [0.15, 0.2) is 0 Å². The third-order valence-corrected chi connectivity index (χ3v) is 5.20. The molecule has 2 rings (SSSR count). The van der Waals surface area contributed by atoms with Gasteiger partial charge in [-0.2, -0.15) is 0 Å². The van der Waals surface area contributed by atoms with Gasteiger partial charge in [0.25, 0.3) is 0 Å². The van der Waals surface area contributed by atoms with Crippen molar-refractivity contribution in [1.82, 2.24) is 4.90 Å². The van der Waals surface area contributed by atoms with Gasteiger partial charge in [0, 0.05) is 12.0 Å². The lowest BCUT2D eigenvalue weighted by molar-refractivity contribution is -0.151. The Hall–Kier alpha value is -1.59. The number of amides is 2. The summed E-state index contributed by atoms with van der Waals surface area (Å²) >= 11 is 3.06. The van der Waals surface area contributed by atoms with Crippen LogP contribution in [0.4, 0.5) is 9.59 Å². The van der Waals surface area contributed by atoms with Crippen molar-refractivity contribution >= 4 is 41.7 Å². The number of rotatable bonds is 5. The van der Waals surface area contributed by atoms with E-state index in [9.17, 15) is 14.7 Å². The molecular formula is C11H16N2O7S2. The fourth-order valence-corrected chi connectivity index (χ4v) is 4.40. The van der Waals surface area contributed by atoms with E-state index in [1.165, 1.54) is 11.8 Å². The SMILES string of the molecule is C[C@@H](O)[C@H]1C(=O)N2C=C(SCCOC(N)=O)S[C@H]12.O=C(O)O. The highest BCUT2D eigenvalue weighted by molar-refractivity contribution is 8.22. The molecule has 2 aliphatic heterocycles. The number of thioether (sulfide) groups is 2. The van der Waals surface area contributed by atoms with E-state index in [1.807, 2.05) is 0 Å². The van der Waals surface area contributed by atoms with Gasteiger partial charge in [0.2, 0.25) is 5.91 Å². The van der Waals surface area contributed by atoms with Crippen LogP contribution in [-0.4, -0.2) is 62.2 Å². The zero-order valence-electron chi connectivity index (χ0n) is 11.5. The highest BCUT2D eigenvalue weighted by Crippen LogP contribution is 2.49. The van der Waals surface area contributed by atoms with E-state index in [0.717, 1.165) is 4.24 Å². The summed E-state index contributed by atoms with van der Waals surface area (Å²) in [5, 5.41) is 23.4. The summed E-state index contributed by atoms with van der Waals surface area (Å²) in [5.41, 5.74) is 4.84. The van der Waals surface area contributed by atoms with Crippen molar-refractivity contribution in [2.75, 3.05) is 12.4 Å². The molecule has 0 saturated carbocycles. The van der Waals surface area contributed by atoms with Crippen molar-refractivity contribution in [1.29, 1.82) is 0 Å². The minimum Gasteiger partial charge on any atom is -0.450 e. The van der Waals surface area contributed by atoms with E-state index in [0.29, 0.717) is 5.75 Å². The number of fused-ring (bicyclic) bond motifs is 1. The number of carbonyl (C=O) groups excluding carboxylic acids is 2. The molecule has 0 aromatic rings. The molecule has 0 aromatic heterocycles. The molecule has 22 heavy (non-hydrogen) atoms. The average molecular weight is 352 g/mol. The molecule has 0 radical (unpaired) electrons. The van der Waals surface area contributed by atoms with Crippen molar-refractivity contribution in [3.63, 3.8) is 0 Å². The molecule has 2 aliphatic rings. The molecule has 5 N–H and O–H groups in total. The molecule has 0 spiro atoms. The lowest BCUT2D eigenvalue weighted by Gasteiger charge is -2.42. The number of β-lactam (4-membered cyclic amide) rings is 1. The summed E-state index contributed by atoms with van der Waals surface area (Å²) in [6.45, 7) is 1.88. The Morgan fingerprint density at radius 1 is 1.55 bits per heavy atom. The van der Waals surface area contributed by atoms with E-state index in [4.69, 9.17) is 20.7 Å². The summed E-state index contributed by atoms with van der Waals surface area (Å²) in [4.78, 5) is 32.2. The van der Waals surface area contributed by atoms with Crippen LogP contribution in [0.1, 0.15) is 6.92 Å². The van der Waals surface area contributed by atoms with E-state index >= 15 is 0 Å². The zero-order chi connectivity index (χ0) is 16.9. The van der Waals surface area contributed by atoms with E-state index in [-0.39, 0.29) is 23.8 Å². The number of carboxylic acid groups (broad SMARTS) is 2. The molecular weight excluding hydrogens is 336 g/mol. The maximum atomic E-state index is 11.7. The normalized spacial score (nSPS) is 23.5. The number of carbonyl (C=O) groups is 3. The number of hydrogen-bond donors (Lipinski definition) is 4. The number of aliphatic hydroxyl groups excluding tert-OH is 1. The summed E-state index contributed by atoms with van der Waals surface area (Å²) < 4.78 is 5.60. The first kappa shape index (κ1) is 18.5. The first-order valence-electron chi connectivity index (χ1n) is 6.09. The van der Waals surface area contributed by atoms with Gasteiger partial charge >= 0.3 is 12.2 Å². The van der Waals surface area contributed by atoms with E-state index < -0.39 is 18.4 Å². The standard InChI is InChI=1S/C10H14N2O4S2.CH2O3/c1-5(13)7-8(14)12-4-6(18-9(7)12)17-3-2-16-10(11)15;2-1(3)4/h4-5,7,9,13H,2-3H2,1H3,(H2,11,15);(H2,2,3,4)/t5-,7+,9-;/m1./s1. The predicted octanol–water partition coefficient (Wildman–Crippen LogP) is 0.748. The van der Waals surface area contributed by atoms with Crippen LogP contribution in [-0.2, 0) is 9.53 Å². The van der Waals surface area contributed by atoms with E-state index in [2.05, 4.69) is 4.74 Å². The Balaban J connectivity index is 0.000000541. The van der Waals surface area contributed by atoms with Crippen molar-refractivity contribution in [2.45, 2.75) is 18.4 Å². The van der Waals surface area contributed by atoms with Crippen molar-refractivity contribution in [3.05, 3.63) is 10.4 Å². The van der Waals surface area contributed by atoms with E-state index in [1.54, 1.807) is 29.8 Å². The number of hydrogen-bond acceptors (Lipinski definition) is 7. The third-order valence-electron chi connectivity index (χ3n) is 2.69. The molecule has 2 heterocycles. The highest BCUT2D eigenvalue weighted by atomic mass is 32.2. The summed E-state index contributed by atoms with van der Waals surface area (Å²) in [6, 6.07) is 0.